The molecule has 0 N–H and O–H groups in total. The lowest BCUT2D eigenvalue weighted by molar-refractivity contribution is -0.116. The summed E-state index contributed by atoms with van der Waals surface area (Å²) in [5.41, 5.74) is 4.33. The van der Waals surface area contributed by atoms with Crippen molar-refractivity contribution < 1.29 is 9.59 Å². The van der Waals surface area contributed by atoms with E-state index < -0.39 is 0 Å². The number of aromatic nitrogens is 2. The summed E-state index contributed by atoms with van der Waals surface area (Å²) in [4.78, 5) is 28.9. The number of hydrogen-bond donors (Lipinski definition) is 0. The van der Waals surface area contributed by atoms with Gasteiger partial charge in [-0.25, -0.2) is 4.98 Å². The van der Waals surface area contributed by atoms with Crippen molar-refractivity contribution in [3.05, 3.63) is 52.9 Å². The Morgan fingerprint density at radius 3 is 2.41 bits per heavy atom. The van der Waals surface area contributed by atoms with E-state index in [2.05, 4.69) is 4.98 Å². The maximum Gasteiger partial charge on any atom is 0.185 e. The molecule has 1 aliphatic carbocycles. The van der Waals surface area contributed by atoms with Gasteiger partial charge in [0.15, 0.2) is 11.6 Å². The van der Waals surface area contributed by atoms with Crippen molar-refractivity contribution in [2.45, 2.75) is 33.7 Å². The SMILES string of the molecule is CC1=C(C)C(=O)C(CCn2cnc3ccccc32)=C(C)C1=O. The van der Waals surface area contributed by atoms with Crippen molar-refractivity contribution in [3.8, 4) is 0 Å². The maximum atomic E-state index is 12.4. The first-order valence-corrected chi connectivity index (χ1v) is 7.37. The van der Waals surface area contributed by atoms with Gasteiger partial charge >= 0.3 is 0 Å². The van der Waals surface area contributed by atoms with Gasteiger partial charge in [-0.05, 0) is 39.3 Å². The molecule has 1 heterocycles. The minimum Gasteiger partial charge on any atom is -0.330 e. The number of aryl methyl sites for hydroxylation is 1. The van der Waals surface area contributed by atoms with Crippen LogP contribution in [0.25, 0.3) is 11.0 Å². The monoisotopic (exact) mass is 294 g/mol. The number of hydrogen-bond acceptors (Lipinski definition) is 3. The Bertz CT molecular complexity index is 853. The lowest BCUT2D eigenvalue weighted by atomic mass is 9.84. The second kappa shape index (κ2) is 5.37. The summed E-state index contributed by atoms with van der Waals surface area (Å²) in [6.45, 7) is 5.84. The van der Waals surface area contributed by atoms with Crippen LogP contribution in [-0.2, 0) is 16.1 Å². The van der Waals surface area contributed by atoms with Gasteiger partial charge < -0.3 is 4.57 Å². The van der Waals surface area contributed by atoms with E-state index >= 15 is 0 Å². The molecule has 0 spiro atoms. The molecule has 0 unspecified atom stereocenters. The molecule has 4 heteroatoms. The Hall–Kier alpha value is -2.49. The molecule has 3 rings (SSSR count). The molecule has 22 heavy (non-hydrogen) atoms. The fourth-order valence-corrected chi connectivity index (χ4v) is 2.88. The first-order valence-electron chi connectivity index (χ1n) is 7.37. The molecular weight excluding hydrogens is 276 g/mol. The second-order valence-electron chi connectivity index (χ2n) is 5.69. The van der Waals surface area contributed by atoms with Crippen LogP contribution in [0, 0.1) is 0 Å². The standard InChI is InChI=1S/C18H18N2O2/c1-11-12(2)18(22)14(13(3)17(11)21)8-9-20-10-19-15-6-4-5-7-16(15)20/h4-7,10H,8-9H2,1-3H3. The molecule has 0 fully saturated rings. The number of nitrogens with zero attached hydrogens (tertiary/aromatic N) is 2. The van der Waals surface area contributed by atoms with E-state index in [-0.39, 0.29) is 11.6 Å². The van der Waals surface area contributed by atoms with Gasteiger partial charge in [-0.1, -0.05) is 12.1 Å². The lowest BCUT2D eigenvalue weighted by Gasteiger charge is -2.18. The van der Waals surface area contributed by atoms with Crippen molar-refractivity contribution in [2.75, 3.05) is 0 Å². The van der Waals surface area contributed by atoms with Crippen LogP contribution >= 0.6 is 0 Å². The fraction of sp³-hybridized carbons (Fsp3) is 0.278. The van der Waals surface area contributed by atoms with Gasteiger partial charge in [0.25, 0.3) is 0 Å². The first-order chi connectivity index (χ1) is 10.5. The zero-order valence-corrected chi connectivity index (χ0v) is 13.0. The predicted octanol–water partition coefficient (Wildman–Crippen LogP) is 3.23. The number of carbonyl (C=O) groups excluding carboxylic acids is 2. The van der Waals surface area contributed by atoms with E-state index in [1.807, 2.05) is 28.8 Å². The molecule has 1 aliphatic rings. The van der Waals surface area contributed by atoms with Crippen LogP contribution in [0.15, 0.2) is 52.9 Å². The zero-order chi connectivity index (χ0) is 15.9. The highest BCUT2D eigenvalue weighted by molar-refractivity contribution is 6.24. The number of Topliss-reactive ketones (excluding diaryl/α,β-unsaturated/α-hetero) is 2. The van der Waals surface area contributed by atoms with E-state index in [0.29, 0.717) is 35.3 Å². The molecule has 2 aromatic rings. The van der Waals surface area contributed by atoms with Gasteiger partial charge in [0.2, 0.25) is 0 Å². The molecule has 0 saturated heterocycles. The van der Waals surface area contributed by atoms with E-state index in [1.54, 1.807) is 27.1 Å². The number of carbonyl (C=O) groups is 2. The second-order valence-corrected chi connectivity index (χ2v) is 5.69. The third-order valence-electron chi connectivity index (χ3n) is 4.44. The third kappa shape index (κ3) is 2.21. The fourth-order valence-electron chi connectivity index (χ4n) is 2.88. The average Bonchev–Trinajstić information content (AvgIpc) is 2.94. The minimum absolute atomic E-state index is 0.000907. The quantitative estimate of drug-likeness (QED) is 0.817. The summed E-state index contributed by atoms with van der Waals surface area (Å²) in [6.07, 6.45) is 2.32. The molecule has 0 saturated carbocycles. The number of allylic oxidation sites excluding steroid dienone is 4. The van der Waals surface area contributed by atoms with Gasteiger partial charge in [-0.3, -0.25) is 9.59 Å². The zero-order valence-electron chi connectivity index (χ0n) is 13.0. The van der Waals surface area contributed by atoms with Crippen LogP contribution in [0.1, 0.15) is 27.2 Å². The Balaban J connectivity index is 1.87. The molecule has 1 aromatic carbocycles. The number of rotatable bonds is 3. The first kappa shape index (κ1) is 14.4. The summed E-state index contributed by atoms with van der Waals surface area (Å²) in [5.74, 6) is -0.0124. The number of imidazole rings is 1. The molecule has 112 valence electrons. The summed E-state index contributed by atoms with van der Waals surface area (Å²) in [6, 6.07) is 7.89. The Kier molecular flexibility index (Phi) is 3.53. The van der Waals surface area contributed by atoms with Crippen LogP contribution in [0.4, 0.5) is 0 Å². The van der Waals surface area contributed by atoms with Crippen molar-refractivity contribution >= 4 is 22.6 Å². The molecule has 0 radical (unpaired) electrons. The normalized spacial score (nSPS) is 16.1. The van der Waals surface area contributed by atoms with Crippen LogP contribution < -0.4 is 0 Å². The van der Waals surface area contributed by atoms with Crippen LogP contribution in [-0.4, -0.2) is 21.1 Å². The van der Waals surface area contributed by atoms with Gasteiger partial charge in [-0.15, -0.1) is 0 Å². The van der Waals surface area contributed by atoms with Gasteiger partial charge in [0.05, 0.1) is 17.4 Å². The number of benzene rings is 1. The number of ketones is 2. The van der Waals surface area contributed by atoms with Crippen LogP contribution in [0.2, 0.25) is 0 Å². The van der Waals surface area contributed by atoms with E-state index in [9.17, 15) is 9.59 Å². The topological polar surface area (TPSA) is 52.0 Å². The highest BCUT2D eigenvalue weighted by atomic mass is 16.1. The predicted molar refractivity (Wildman–Crippen MR) is 85.4 cm³/mol. The van der Waals surface area contributed by atoms with Gasteiger partial charge in [0, 0.05) is 28.8 Å². The van der Waals surface area contributed by atoms with E-state index in [4.69, 9.17) is 0 Å². The van der Waals surface area contributed by atoms with Gasteiger partial charge in [0.1, 0.15) is 0 Å². The summed E-state index contributed by atoms with van der Waals surface area (Å²) in [7, 11) is 0. The highest BCUT2D eigenvalue weighted by Crippen LogP contribution is 2.27. The Labute approximate surface area is 129 Å². The van der Waals surface area contributed by atoms with Crippen LogP contribution in [0.5, 0.6) is 0 Å². The molecule has 0 bridgehead atoms. The molecular formula is C18H18N2O2. The smallest absolute Gasteiger partial charge is 0.185 e. The maximum absolute atomic E-state index is 12.4. The van der Waals surface area contributed by atoms with Crippen molar-refractivity contribution in [1.82, 2.24) is 9.55 Å². The van der Waals surface area contributed by atoms with E-state index in [0.717, 1.165) is 11.0 Å². The Morgan fingerprint density at radius 1 is 0.955 bits per heavy atom. The Morgan fingerprint density at radius 2 is 1.64 bits per heavy atom. The van der Waals surface area contributed by atoms with Crippen LogP contribution in [0.3, 0.4) is 0 Å². The van der Waals surface area contributed by atoms with Crippen molar-refractivity contribution in [2.24, 2.45) is 0 Å². The number of para-hydroxylation sites is 2. The minimum atomic E-state index is -0.0115. The van der Waals surface area contributed by atoms with E-state index in [1.165, 1.54) is 0 Å². The highest BCUT2D eigenvalue weighted by Gasteiger charge is 2.27. The average molecular weight is 294 g/mol. The summed E-state index contributed by atoms with van der Waals surface area (Å²) in [5, 5.41) is 0. The largest absolute Gasteiger partial charge is 0.330 e. The molecule has 0 aliphatic heterocycles. The number of fused-ring (bicyclic) bond motifs is 1. The molecule has 0 atom stereocenters. The molecule has 4 nitrogen and oxygen atoms in total. The van der Waals surface area contributed by atoms with Gasteiger partial charge in [-0.2, -0.15) is 0 Å². The third-order valence-corrected chi connectivity index (χ3v) is 4.44. The van der Waals surface area contributed by atoms with Crippen molar-refractivity contribution in [3.63, 3.8) is 0 Å². The summed E-state index contributed by atoms with van der Waals surface area (Å²) < 4.78 is 2.02. The molecule has 0 amide bonds. The molecule has 1 aromatic heterocycles. The van der Waals surface area contributed by atoms with Crippen molar-refractivity contribution in [1.29, 1.82) is 0 Å². The lowest BCUT2D eigenvalue weighted by Crippen LogP contribution is -2.21. The summed E-state index contributed by atoms with van der Waals surface area (Å²) >= 11 is 0.